The van der Waals surface area contributed by atoms with Crippen molar-refractivity contribution in [2.75, 3.05) is 7.11 Å². The standard InChI is InChI=1S/C18H17NO7/c1-11(2)25-17(20)12-4-7-14(8-5-12)26-18(21)13-6-9-16(24-3)15(10-13)19(22)23/h4-11H,1-3H3. The molecule has 0 aliphatic rings. The summed E-state index contributed by atoms with van der Waals surface area (Å²) in [7, 11) is 1.30. The molecule has 0 saturated heterocycles. The van der Waals surface area contributed by atoms with E-state index in [4.69, 9.17) is 14.2 Å². The van der Waals surface area contributed by atoms with Crippen LogP contribution in [0.15, 0.2) is 42.5 Å². The number of rotatable bonds is 6. The third kappa shape index (κ3) is 4.56. The Morgan fingerprint density at radius 2 is 1.62 bits per heavy atom. The molecule has 2 rings (SSSR count). The molecule has 0 saturated carbocycles. The maximum atomic E-state index is 12.2. The van der Waals surface area contributed by atoms with Crippen molar-refractivity contribution in [3.63, 3.8) is 0 Å². The fourth-order valence-electron chi connectivity index (χ4n) is 2.07. The molecule has 0 unspecified atom stereocenters. The molecule has 0 aliphatic heterocycles. The maximum absolute atomic E-state index is 12.2. The van der Waals surface area contributed by atoms with Crippen LogP contribution >= 0.6 is 0 Å². The molecule has 0 spiro atoms. The van der Waals surface area contributed by atoms with Crippen molar-refractivity contribution in [1.82, 2.24) is 0 Å². The van der Waals surface area contributed by atoms with Crippen molar-refractivity contribution >= 4 is 17.6 Å². The summed E-state index contributed by atoms with van der Waals surface area (Å²) in [5, 5.41) is 11.0. The smallest absolute Gasteiger partial charge is 0.343 e. The van der Waals surface area contributed by atoms with E-state index >= 15 is 0 Å². The van der Waals surface area contributed by atoms with Gasteiger partial charge in [-0.2, -0.15) is 0 Å². The lowest BCUT2D eigenvalue weighted by atomic mass is 10.2. The van der Waals surface area contributed by atoms with Crippen LogP contribution in [0.2, 0.25) is 0 Å². The minimum atomic E-state index is -0.770. The highest BCUT2D eigenvalue weighted by atomic mass is 16.6. The predicted octanol–water partition coefficient (Wildman–Crippen LogP) is 3.39. The van der Waals surface area contributed by atoms with Gasteiger partial charge >= 0.3 is 17.6 Å². The Morgan fingerprint density at radius 3 is 2.15 bits per heavy atom. The molecule has 0 radical (unpaired) electrons. The van der Waals surface area contributed by atoms with Crippen LogP contribution in [0.1, 0.15) is 34.6 Å². The van der Waals surface area contributed by atoms with Crippen LogP contribution < -0.4 is 9.47 Å². The minimum Gasteiger partial charge on any atom is -0.490 e. The van der Waals surface area contributed by atoms with Gasteiger partial charge < -0.3 is 14.2 Å². The van der Waals surface area contributed by atoms with Gasteiger partial charge in [0.05, 0.1) is 29.3 Å². The van der Waals surface area contributed by atoms with Crippen molar-refractivity contribution in [2.24, 2.45) is 0 Å². The summed E-state index contributed by atoms with van der Waals surface area (Å²) in [5.74, 6) is -1.02. The van der Waals surface area contributed by atoms with Crippen molar-refractivity contribution in [3.05, 3.63) is 63.7 Å². The number of hydrogen-bond donors (Lipinski definition) is 0. The summed E-state index contributed by atoms with van der Waals surface area (Å²) in [4.78, 5) is 34.3. The number of carbonyl (C=O) groups is 2. The highest BCUT2D eigenvalue weighted by molar-refractivity contribution is 5.93. The quantitative estimate of drug-likeness (QED) is 0.337. The summed E-state index contributed by atoms with van der Waals surface area (Å²) < 4.78 is 15.1. The second-order valence-electron chi connectivity index (χ2n) is 5.51. The normalized spacial score (nSPS) is 10.3. The second-order valence-corrected chi connectivity index (χ2v) is 5.51. The van der Waals surface area contributed by atoms with Crippen LogP contribution in [0.25, 0.3) is 0 Å². The Kier molecular flexibility index (Phi) is 5.90. The predicted molar refractivity (Wildman–Crippen MR) is 91.6 cm³/mol. The minimum absolute atomic E-state index is 0.000735. The number of nitro groups is 1. The Bertz CT molecular complexity index is 828. The van der Waals surface area contributed by atoms with Crippen molar-refractivity contribution in [3.8, 4) is 11.5 Å². The van der Waals surface area contributed by atoms with Crippen LogP contribution in [0.4, 0.5) is 5.69 Å². The SMILES string of the molecule is COc1ccc(C(=O)Oc2ccc(C(=O)OC(C)C)cc2)cc1[N+](=O)[O-]. The first-order valence-corrected chi connectivity index (χ1v) is 7.67. The number of methoxy groups -OCH3 is 1. The fourth-order valence-corrected chi connectivity index (χ4v) is 2.07. The number of hydrogen-bond acceptors (Lipinski definition) is 7. The summed E-state index contributed by atoms with van der Waals surface area (Å²) in [6.07, 6.45) is -0.245. The lowest BCUT2D eigenvalue weighted by molar-refractivity contribution is -0.385. The first-order valence-electron chi connectivity index (χ1n) is 7.67. The molecule has 0 amide bonds. The molecular formula is C18H17NO7. The van der Waals surface area contributed by atoms with E-state index in [2.05, 4.69) is 0 Å². The van der Waals surface area contributed by atoms with Gasteiger partial charge in [-0.15, -0.1) is 0 Å². The second kappa shape index (κ2) is 8.11. The molecule has 2 aromatic carbocycles. The van der Waals surface area contributed by atoms with Gasteiger partial charge in [-0.3, -0.25) is 10.1 Å². The molecule has 0 heterocycles. The van der Waals surface area contributed by atoms with Crippen LogP contribution in [-0.2, 0) is 4.74 Å². The summed E-state index contributed by atoms with van der Waals surface area (Å²) >= 11 is 0. The lowest BCUT2D eigenvalue weighted by Gasteiger charge is -2.09. The molecule has 2 aromatic rings. The summed E-state index contributed by atoms with van der Waals surface area (Å²) in [6, 6.07) is 9.56. The third-order valence-corrected chi connectivity index (χ3v) is 3.25. The van der Waals surface area contributed by atoms with Crippen molar-refractivity contribution in [1.29, 1.82) is 0 Å². The molecule has 0 bridgehead atoms. The highest BCUT2D eigenvalue weighted by Crippen LogP contribution is 2.28. The van der Waals surface area contributed by atoms with Crippen LogP contribution in [0.5, 0.6) is 11.5 Å². The fraction of sp³-hybridized carbons (Fsp3) is 0.222. The monoisotopic (exact) mass is 359 g/mol. The number of ether oxygens (including phenoxy) is 3. The van der Waals surface area contributed by atoms with Crippen molar-refractivity contribution in [2.45, 2.75) is 20.0 Å². The van der Waals surface area contributed by atoms with Gasteiger partial charge in [-0.05, 0) is 50.2 Å². The number of carbonyl (C=O) groups excluding carboxylic acids is 2. The van der Waals surface area contributed by atoms with Gasteiger partial charge in [0.1, 0.15) is 5.75 Å². The average Bonchev–Trinajstić information content (AvgIpc) is 2.61. The number of esters is 2. The van der Waals surface area contributed by atoms with Gasteiger partial charge in [0.25, 0.3) is 0 Å². The molecular weight excluding hydrogens is 342 g/mol. The Morgan fingerprint density at radius 1 is 1.00 bits per heavy atom. The van der Waals surface area contributed by atoms with E-state index in [1.165, 1.54) is 43.5 Å². The molecule has 0 aromatic heterocycles. The number of benzene rings is 2. The summed E-state index contributed by atoms with van der Waals surface area (Å²) in [5.41, 5.74) is -0.0203. The molecule has 8 nitrogen and oxygen atoms in total. The zero-order valence-electron chi connectivity index (χ0n) is 14.4. The Hall–Kier alpha value is -3.42. The lowest BCUT2D eigenvalue weighted by Crippen LogP contribution is -2.12. The average molecular weight is 359 g/mol. The van der Waals surface area contributed by atoms with Crippen LogP contribution in [-0.4, -0.2) is 30.1 Å². The van der Waals surface area contributed by atoms with Gasteiger partial charge in [-0.1, -0.05) is 0 Å². The van der Waals surface area contributed by atoms with Gasteiger partial charge in [0.2, 0.25) is 0 Å². The van der Waals surface area contributed by atoms with Gasteiger partial charge in [0, 0.05) is 6.07 Å². The van der Waals surface area contributed by atoms with E-state index in [1.54, 1.807) is 13.8 Å². The molecule has 0 fully saturated rings. The van der Waals surface area contributed by atoms with Crippen LogP contribution in [0, 0.1) is 10.1 Å². The first-order chi connectivity index (χ1) is 12.3. The Balaban J connectivity index is 2.14. The van der Waals surface area contributed by atoms with Gasteiger partial charge in [-0.25, -0.2) is 9.59 Å². The largest absolute Gasteiger partial charge is 0.490 e. The molecule has 8 heteroatoms. The zero-order chi connectivity index (χ0) is 19.3. The van der Waals surface area contributed by atoms with Crippen LogP contribution in [0.3, 0.4) is 0 Å². The Labute approximate surface area is 149 Å². The molecule has 0 aliphatic carbocycles. The molecule has 0 atom stereocenters. The van der Waals surface area contributed by atoms with E-state index in [0.717, 1.165) is 6.07 Å². The molecule has 0 N–H and O–H groups in total. The van der Waals surface area contributed by atoms with E-state index in [-0.39, 0.29) is 28.9 Å². The first kappa shape index (κ1) is 18.9. The topological polar surface area (TPSA) is 105 Å². The molecule has 136 valence electrons. The molecule has 26 heavy (non-hydrogen) atoms. The van der Waals surface area contributed by atoms with E-state index in [9.17, 15) is 19.7 Å². The van der Waals surface area contributed by atoms with Gasteiger partial charge in [0.15, 0.2) is 5.75 Å². The number of nitrogens with zero attached hydrogens (tertiary/aromatic N) is 1. The van der Waals surface area contributed by atoms with Crippen molar-refractivity contribution < 1.29 is 28.7 Å². The summed E-state index contributed by atoms with van der Waals surface area (Å²) in [6.45, 7) is 3.48. The van der Waals surface area contributed by atoms with E-state index in [0.29, 0.717) is 5.56 Å². The van der Waals surface area contributed by atoms with E-state index in [1.807, 2.05) is 0 Å². The van der Waals surface area contributed by atoms with E-state index < -0.39 is 16.9 Å². The number of nitro benzene ring substituents is 1. The zero-order valence-corrected chi connectivity index (χ0v) is 14.4. The highest BCUT2D eigenvalue weighted by Gasteiger charge is 2.19. The maximum Gasteiger partial charge on any atom is 0.343 e. The third-order valence-electron chi connectivity index (χ3n) is 3.25.